The molecule has 1 atom stereocenters. The second kappa shape index (κ2) is 7.62. The van der Waals surface area contributed by atoms with Crippen molar-refractivity contribution in [3.8, 4) is 0 Å². The number of aryl methyl sites for hydroxylation is 2. The van der Waals surface area contributed by atoms with Gasteiger partial charge in [0.15, 0.2) is 0 Å². The second-order valence-corrected chi connectivity index (χ2v) is 5.15. The van der Waals surface area contributed by atoms with Crippen molar-refractivity contribution >= 4 is 0 Å². The Kier molecular flexibility index (Phi) is 5.82. The van der Waals surface area contributed by atoms with Crippen LogP contribution in [0.2, 0.25) is 0 Å². The number of nitrogens with zero attached hydrogens (tertiary/aromatic N) is 2. The van der Waals surface area contributed by atoms with Gasteiger partial charge >= 0.3 is 0 Å². The molecule has 0 amide bonds. The van der Waals surface area contributed by atoms with Gasteiger partial charge in [0, 0.05) is 38.6 Å². The lowest BCUT2D eigenvalue weighted by molar-refractivity contribution is 0.0166. The molecule has 0 spiro atoms. The van der Waals surface area contributed by atoms with E-state index in [9.17, 15) is 0 Å². The molecule has 1 fully saturated rings. The van der Waals surface area contributed by atoms with Gasteiger partial charge in [-0.05, 0) is 32.7 Å². The minimum atomic E-state index is 0.339. The number of nitrogens with one attached hydrogen (secondary N) is 1. The smallest absolute Gasteiger partial charge is 0.0809 e. The molecular weight excluding hydrogens is 242 g/mol. The molecule has 0 aromatic carbocycles. The Bertz CT molecular complexity index is 373. The van der Waals surface area contributed by atoms with Crippen LogP contribution in [0.5, 0.6) is 0 Å². The molecule has 0 bridgehead atoms. The van der Waals surface area contributed by atoms with Crippen LogP contribution in [0.1, 0.15) is 30.5 Å². The van der Waals surface area contributed by atoms with Gasteiger partial charge in [-0.15, -0.1) is 0 Å². The Morgan fingerprint density at radius 1 is 1.58 bits per heavy atom. The van der Waals surface area contributed by atoms with Gasteiger partial charge in [-0.3, -0.25) is 4.68 Å². The van der Waals surface area contributed by atoms with E-state index in [0.717, 1.165) is 51.4 Å². The first-order valence-corrected chi connectivity index (χ1v) is 7.15. The van der Waals surface area contributed by atoms with E-state index in [1.54, 1.807) is 0 Å². The van der Waals surface area contributed by atoms with Gasteiger partial charge < -0.3 is 14.8 Å². The molecule has 5 heteroatoms. The topological polar surface area (TPSA) is 48.3 Å². The fraction of sp³-hybridized carbons (Fsp3) is 0.786. The van der Waals surface area contributed by atoms with E-state index in [0.29, 0.717) is 6.10 Å². The summed E-state index contributed by atoms with van der Waals surface area (Å²) in [6.45, 7) is 6.35. The molecule has 1 aromatic rings. The molecule has 1 unspecified atom stereocenters. The molecule has 1 N–H and O–H groups in total. The largest absolute Gasteiger partial charge is 0.379 e. The van der Waals surface area contributed by atoms with Gasteiger partial charge in [0.05, 0.1) is 18.4 Å². The lowest BCUT2D eigenvalue weighted by Gasteiger charge is -2.10. The Morgan fingerprint density at radius 3 is 3.16 bits per heavy atom. The molecular formula is C14H25N3O2. The number of aromatic nitrogens is 2. The molecule has 0 radical (unpaired) electrons. The van der Waals surface area contributed by atoms with Crippen molar-refractivity contribution in [3.05, 3.63) is 17.5 Å². The third-order valence-electron chi connectivity index (χ3n) is 3.40. The van der Waals surface area contributed by atoms with Crippen LogP contribution in [-0.2, 0) is 23.1 Å². The predicted octanol–water partition coefficient (Wildman–Crippen LogP) is 1.40. The van der Waals surface area contributed by atoms with E-state index in [2.05, 4.69) is 16.6 Å². The van der Waals surface area contributed by atoms with Crippen molar-refractivity contribution in [1.29, 1.82) is 0 Å². The highest BCUT2D eigenvalue weighted by atomic mass is 16.5. The first-order valence-electron chi connectivity index (χ1n) is 7.15. The molecule has 1 aliphatic rings. The maximum atomic E-state index is 5.62. The quantitative estimate of drug-likeness (QED) is 0.723. The summed E-state index contributed by atoms with van der Waals surface area (Å²) in [4.78, 5) is 0. The van der Waals surface area contributed by atoms with Crippen LogP contribution < -0.4 is 5.32 Å². The van der Waals surface area contributed by atoms with Gasteiger partial charge in [0.25, 0.3) is 0 Å². The summed E-state index contributed by atoms with van der Waals surface area (Å²) >= 11 is 0. The summed E-state index contributed by atoms with van der Waals surface area (Å²) in [6, 6.07) is 0. The molecule has 1 saturated heterocycles. The lowest BCUT2D eigenvalue weighted by atomic mass is 10.2. The summed E-state index contributed by atoms with van der Waals surface area (Å²) in [7, 11) is 1.95. The zero-order valence-corrected chi connectivity index (χ0v) is 12.0. The molecule has 1 aromatic heterocycles. The summed E-state index contributed by atoms with van der Waals surface area (Å²) in [6.07, 6.45) is 5.77. The maximum Gasteiger partial charge on any atom is 0.0809 e. The highest BCUT2D eigenvalue weighted by molar-refractivity contribution is 5.14. The van der Waals surface area contributed by atoms with Gasteiger partial charge in [0.2, 0.25) is 0 Å². The van der Waals surface area contributed by atoms with Gasteiger partial charge in [-0.25, -0.2) is 0 Å². The second-order valence-electron chi connectivity index (χ2n) is 5.15. The number of hydrogen-bond donors (Lipinski definition) is 1. The Hall–Kier alpha value is -0.910. The third-order valence-corrected chi connectivity index (χ3v) is 3.40. The zero-order valence-electron chi connectivity index (χ0n) is 12.0. The minimum absolute atomic E-state index is 0.339. The molecule has 5 nitrogen and oxygen atoms in total. The zero-order chi connectivity index (χ0) is 13.5. The van der Waals surface area contributed by atoms with Crippen molar-refractivity contribution in [3.63, 3.8) is 0 Å². The summed E-state index contributed by atoms with van der Waals surface area (Å²) in [5, 5.41) is 7.74. The van der Waals surface area contributed by atoms with Crippen LogP contribution in [-0.4, -0.2) is 42.2 Å². The fourth-order valence-electron chi connectivity index (χ4n) is 2.34. The van der Waals surface area contributed by atoms with E-state index in [-0.39, 0.29) is 0 Å². The van der Waals surface area contributed by atoms with Crippen LogP contribution in [0.3, 0.4) is 0 Å². The van der Waals surface area contributed by atoms with E-state index >= 15 is 0 Å². The Morgan fingerprint density at radius 2 is 2.47 bits per heavy atom. The van der Waals surface area contributed by atoms with E-state index in [1.165, 1.54) is 12.0 Å². The average Bonchev–Trinajstić information content (AvgIpc) is 2.98. The highest BCUT2D eigenvalue weighted by Gasteiger charge is 2.14. The van der Waals surface area contributed by atoms with Gasteiger partial charge in [-0.2, -0.15) is 5.10 Å². The van der Waals surface area contributed by atoms with Gasteiger partial charge in [-0.1, -0.05) is 0 Å². The first-order chi connectivity index (χ1) is 9.25. The van der Waals surface area contributed by atoms with E-state index in [4.69, 9.17) is 9.47 Å². The van der Waals surface area contributed by atoms with E-state index in [1.807, 2.05) is 18.7 Å². The number of hydrogen-bond acceptors (Lipinski definition) is 4. The SMILES string of the molecule is Cc1nn(C)cc1CNCCCOCC1CCCO1. The molecule has 0 saturated carbocycles. The normalized spacial score (nSPS) is 19.2. The first kappa shape index (κ1) is 14.5. The molecule has 19 heavy (non-hydrogen) atoms. The van der Waals surface area contributed by atoms with Crippen LogP contribution >= 0.6 is 0 Å². The van der Waals surface area contributed by atoms with Crippen molar-refractivity contribution < 1.29 is 9.47 Å². The number of ether oxygens (including phenoxy) is 2. The Balaban J connectivity index is 1.47. The summed E-state index contributed by atoms with van der Waals surface area (Å²) in [5.74, 6) is 0. The highest BCUT2D eigenvalue weighted by Crippen LogP contribution is 2.11. The molecule has 2 heterocycles. The van der Waals surface area contributed by atoms with Crippen molar-refractivity contribution in [2.45, 2.75) is 38.8 Å². The van der Waals surface area contributed by atoms with Crippen molar-refractivity contribution in [2.75, 3.05) is 26.4 Å². The predicted molar refractivity (Wildman–Crippen MR) is 74.1 cm³/mol. The molecule has 1 aliphatic heterocycles. The van der Waals surface area contributed by atoms with Crippen LogP contribution in [0, 0.1) is 6.92 Å². The maximum absolute atomic E-state index is 5.62. The molecule has 0 aliphatic carbocycles. The van der Waals surface area contributed by atoms with E-state index < -0.39 is 0 Å². The average molecular weight is 267 g/mol. The van der Waals surface area contributed by atoms with Crippen LogP contribution in [0.25, 0.3) is 0 Å². The fourth-order valence-corrected chi connectivity index (χ4v) is 2.34. The number of rotatable bonds is 8. The Labute approximate surface area is 115 Å². The minimum Gasteiger partial charge on any atom is -0.379 e. The van der Waals surface area contributed by atoms with Crippen molar-refractivity contribution in [2.24, 2.45) is 7.05 Å². The molecule has 2 rings (SSSR count). The van der Waals surface area contributed by atoms with Crippen LogP contribution in [0.15, 0.2) is 6.20 Å². The molecule has 108 valence electrons. The van der Waals surface area contributed by atoms with Gasteiger partial charge in [0.1, 0.15) is 0 Å². The monoisotopic (exact) mass is 267 g/mol. The van der Waals surface area contributed by atoms with Crippen molar-refractivity contribution in [1.82, 2.24) is 15.1 Å². The lowest BCUT2D eigenvalue weighted by Crippen LogP contribution is -2.19. The summed E-state index contributed by atoms with van der Waals surface area (Å²) in [5.41, 5.74) is 2.37. The third kappa shape index (κ3) is 4.93. The summed E-state index contributed by atoms with van der Waals surface area (Å²) < 4.78 is 13.0. The van der Waals surface area contributed by atoms with Crippen LogP contribution in [0.4, 0.5) is 0 Å². The standard InChI is InChI=1S/C14H25N3O2/c1-12-13(10-17(2)16-12)9-15-6-4-7-18-11-14-5-3-8-19-14/h10,14-15H,3-9,11H2,1-2H3.